The molecule has 0 spiro atoms. The molecule has 3 rings (SSSR count). The first-order valence-corrected chi connectivity index (χ1v) is 10.8. The summed E-state index contributed by atoms with van der Waals surface area (Å²) in [7, 11) is -0.606. The van der Waals surface area contributed by atoms with E-state index in [1.807, 2.05) is 0 Å². The van der Waals surface area contributed by atoms with E-state index in [4.69, 9.17) is 0 Å². The lowest BCUT2D eigenvalue weighted by molar-refractivity contribution is 0.717. The SMILES string of the molecule is C=C(c1ccc(CCCCC)cc1)P(c1ccccc1)c1ccccc1. The fraction of sp³-hybridized carbons (Fsp3) is 0.200. The van der Waals surface area contributed by atoms with Crippen molar-refractivity contribution in [3.63, 3.8) is 0 Å². The van der Waals surface area contributed by atoms with Crippen LogP contribution >= 0.6 is 7.92 Å². The summed E-state index contributed by atoms with van der Waals surface area (Å²) in [6.45, 7) is 6.76. The Hall–Kier alpha value is -2.17. The molecule has 0 unspecified atom stereocenters. The van der Waals surface area contributed by atoms with Gasteiger partial charge in [-0.05, 0) is 47.8 Å². The number of hydrogen-bond donors (Lipinski definition) is 0. The summed E-state index contributed by atoms with van der Waals surface area (Å²) in [5.41, 5.74) is 2.68. The quantitative estimate of drug-likeness (QED) is 0.317. The minimum Gasteiger partial charge on any atom is -0.0900 e. The van der Waals surface area contributed by atoms with E-state index >= 15 is 0 Å². The van der Waals surface area contributed by atoms with Crippen molar-refractivity contribution in [2.45, 2.75) is 32.6 Å². The van der Waals surface area contributed by atoms with Gasteiger partial charge in [-0.3, -0.25) is 0 Å². The van der Waals surface area contributed by atoms with Crippen LogP contribution in [0.1, 0.15) is 37.3 Å². The van der Waals surface area contributed by atoms with Crippen LogP contribution in [0.3, 0.4) is 0 Å². The molecule has 0 saturated carbocycles. The smallest absolute Gasteiger partial charge is 0.0134 e. The molecular formula is C25H27P. The molecule has 0 aliphatic rings. The second kappa shape index (κ2) is 9.51. The molecule has 0 aliphatic heterocycles. The van der Waals surface area contributed by atoms with Crippen LogP contribution in [0.25, 0.3) is 5.31 Å². The lowest BCUT2D eigenvalue weighted by atomic mass is 10.1. The zero-order chi connectivity index (χ0) is 18.2. The summed E-state index contributed by atoms with van der Waals surface area (Å²) in [6.07, 6.45) is 5.03. The Labute approximate surface area is 159 Å². The van der Waals surface area contributed by atoms with E-state index < -0.39 is 7.92 Å². The second-order valence-corrected chi connectivity index (χ2v) is 8.85. The molecule has 0 heterocycles. The first kappa shape index (κ1) is 18.6. The van der Waals surface area contributed by atoms with Gasteiger partial charge in [0.2, 0.25) is 0 Å². The van der Waals surface area contributed by atoms with Gasteiger partial charge in [0, 0.05) is 0 Å². The standard InChI is InChI=1S/C25H27P/c1-3-4-7-12-22-17-19-23(20-18-22)21(2)26(24-13-8-5-9-14-24)25-15-10-6-11-16-25/h5-6,8-11,13-20H,2-4,7,12H2,1H3. The third-order valence-electron chi connectivity index (χ3n) is 4.65. The average molecular weight is 358 g/mol. The van der Waals surface area contributed by atoms with Crippen molar-refractivity contribution < 1.29 is 0 Å². The zero-order valence-corrected chi connectivity index (χ0v) is 16.5. The highest BCUT2D eigenvalue weighted by Crippen LogP contribution is 2.47. The molecule has 0 fully saturated rings. The van der Waals surface area contributed by atoms with E-state index in [2.05, 4.69) is 98.4 Å². The Morgan fingerprint density at radius 1 is 0.731 bits per heavy atom. The Morgan fingerprint density at radius 2 is 1.27 bits per heavy atom. The fourth-order valence-electron chi connectivity index (χ4n) is 3.19. The summed E-state index contributed by atoms with van der Waals surface area (Å²) in [5.74, 6) is 0. The van der Waals surface area contributed by atoms with Crippen molar-refractivity contribution >= 4 is 23.8 Å². The molecular weight excluding hydrogens is 331 g/mol. The molecule has 0 bridgehead atoms. The molecule has 3 aromatic carbocycles. The summed E-state index contributed by atoms with van der Waals surface area (Å²) in [5, 5.41) is 3.92. The fourth-order valence-corrected chi connectivity index (χ4v) is 5.46. The molecule has 26 heavy (non-hydrogen) atoms. The number of hydrogen-bond acceptors (Lipinski definition) is 0. The van der Waals surface area contributed by atoms with E-state index in [9.17, 15) is 0 Å². The van der Waals surface area contributed by atoms with Gasteiger partial charge in [-0.25, -0.2) is 0 Å². The predicted molar refractivity (Wildman–Crippen MR) is 118 cm³/mol. The van der Waals surface area contributed by atoms with Gasteiger partial charge in [0.15, 0.2) is 0 Å². The summed E-state index contributed by atoms with van der Waals surface area (Å²) >= 11 is 0. The molecule has 0 atom stereocenters. The van der Waals surface area contributed by atoms with E-state index in [-0.39, 0.29) is 0 Å². The Kier molecular flexibility index (Phi) is 6.81. The van der Waals surface area contributed by atoms with E-state index in [0.29, 0.717) is 0 Å². The second-order valence-electron chi connectivity index (χ2n) is 6.61. The van der Waals surface area contributed by atoms with Crippen LogP contribution in [-0.2, 0) is 6.42 Å². The zero-order valence-electron chi connectivity index (χ0n) is 15.6. The van der Waals surface area contributed by atoms with Crippen LogP contribution in [0.2, 0.25) is 0 Å². The maximum Gasteiger partial charge on any atom is -0.0134 e. The minimum atomic E-state index is -0.606. The molecule has 0 saturated heterocycles. The largest absolute Gasteiger partial charge is 0.0900 e. The van der Waals surface area contributed by atoms with E-state index in [1.165, 1.54) is 52.7 Å². The van der Waals surface area contributed by atoms with Gasteiger partial charge in [0.25, 0.3) is 0 Å². The molecule has 3 aromatic rings. The summed E-state index contributed by atoms with van der Waals surface area (Å²) in [6, 6.07) is 30.6. The third kappa shape index (κ3) is 4.71. The van der Waals surface area contributed by atoms with Gasteiger partial charge in [0.05, 0.1) is 0 Å². The molecule has 0 nitrogen and oxygen atoms in total. The van der Waals surface area contributed by atoms with Gasteiger partial charge in [0.1, 0.15) is 0 Å². The van der Waals surface area contributed by atoms with Crippen LogP contribution in [0.5, 0.6) is 0 Å². The first-order chi connectivity index (χ1) is 12.8. The van der Waals surface area contributed by atoms with Crippen LogP contribution in [0, 0.1) is 0 Å². The predicted octanol–water partition coefficient (Wildman–Crippen LogP) is 6.52. The summed E-state index contributed by atoms with van der Waals surface area (Å²) in [4.78, 5) is 0. The Balaban J connectivity index is 1.86. The first-order valence-electron chi connectivity index (χ1n) is 9.48. The van der Waals surface area contributed by atoms with Crippen molar-refractivity contribution in [1.82, 2.24) is 0 Å². The van der Waals surface area contributed by atoms with Gasteiger partial charge in [-0.15, -0.1) is 0 Å². The highest BCUT2D eigenvalue weighted by Gasteiger charge is 2.18. The molecule has 0 radical (unpaired) electrons. The monoisotopic (exact) mass is 358 g/mol. The van der Waals surface area contributed by atoms with Crippen LogP contribution in [0.4, 0.5) is 0 Å². The van der Waals surface area contributed by atoms with Gasteiger partial charge in [-0.1, -0.05) is 111 Å². The number of aryl methyl sites for hydroxylation is 1. The Morgan fingerprint density at radius 3 is 1.77 bits per heavy atom. The average Bonchev–Trinajstić information content (AvgIpc) is 2.70. The molecule has 0 N–H and O–H groups in total. The van der Waals surface area contributed by atoms with Crippen molar-refractivity contribution in [1.29, 1.82) is 0 Å². The molecule has 132 valence electrons. The Bertz CT molecular complexity index is 764. The van der Waals surface area contributed by atoms with Crippen LogP contribution < -0.4 is 10.6 Å². The van der Waals surface area contributed by atoms with Gasteiger partial charge in [-0.2, -0.15) is 0 Å². The van der Waals surface area contributed by atoms with Crippen LogP contribution in [0.15, 0.2) is 91.5 Å². The molecule has 1 heteroatoms. The number of unbranched alkanes of at least 4 members (excludes halogenated alkanes) is 2. The number of benzene rings is 3. The lowest BCUT2D eigenvalue weighted by Gasteiger charge is -2.21. The lowest BCUT2D eigenvalue weighted by Crippen LogP contribution is -2.12. The van der Waals surface area contributed by atoms with Crippen molar-refractivity contribution in [3.8, 4) is 0 Å². The maximum absolute atomic E-state index is 4.51. The maximum atomic E-state index is 4.51. The normalized spacial score (nSPS) is 10.8. The van der Waals surface area contributed by atoms with Crippen molar-refractivity contribution in [2.75, 3.05) is 0 Å². The molecule has 0 amide bonds. The number of rotatable bonds is 8. The van der Waals surface area contributed by atoms with Gasteiger partial charge < -0.3 is 0 Å². The third-order valence-corrected chi connectivity index (χ3v) is 7.08. The van der Waals surface area contributed by atoms with Gasteiger partial charge >= 0.3 is 0 Å². The van der Waals surface area contributed by atoms with E-state index in [1.54, 1.807) is 0 Å². The summed E-state index contributed by atoms with van der Waals surface area (Å²) < 4.78 is 0. The van der Waals surface area contributed by atoms with E-state index in [0.717, 1.165) is 0 Å². The topological polar surface area (TPSA) is 0 Å². The molecule has 0 aromatic heterocycles. The van der Waals surface area contributed by atoms with Crippen molar-refractivity contribution in [2.24, 2.45) is 0 Å². The van der Waals surface area contributed by atoms with Crippen molar-refractivity contribution in [3.05, 3.63) is 103 Å². The minimum absolute atomic E-state index is 0.606. The highest BCUT2D eigenvalue weighted by atomic mass is 31.1. The molecule has 0 aliphatic carbocycles. The highest BCUT2D eigenvalue weighted by molar-refractivity contribution is 7.82. The van der Waals surface area contributed by atoms with Crippen LogP contribution in [-0.4, -0.2) is 0 Å².